The Kier molecular flexibility index (Phi) is 2.13. The third-order valence-electron chi connectivity index (χ3n) is 1.63. The quantitative estimate of drug-likeness (QED) is 0.692. The summed E-state index contributed by atoms with van der Waals surface area (Å²) in [4.78, 5) is 15.0. The molecule has 6 nitrogen and oxygen atoms in total. The van der Waals surface area contributed by atoms with Crippen LogP contribution in [0.15, 0.2) is 18.3 Å². The Labute approximate surface area is 84.2 Å². The summed E-state index contributed by atoms with van der Waals surface area (Å²) in [5, 5.41) is 0. The Morgan fingerprint density at radius 2 is 1.67 bits per heavy atom. The summed E-state index contributed by atoms with van der Waals surface area (Å²) in [6.45, 7) is 0. The Morgan fingerprint density at radius 3 is 2.20 bits per heavy atom. The molecule has 0 atom stereocenters. The van der Waals surface area contributed by atoms with E-state index in [0.29, 0.717) is 5.69 Å². The molecule has 0 aliphatic heterocycles. The highest BCUT2D eigenvalue weighted by atomic mass is 19.1. The first kappa shape index (κ1) is 9.25. The van der Waals surface area contributed by atoms with E-state index in [9.17, 15) is 4.39 Å². The van der Waals surface area contributed by atoms with E-state index in [0.717, 1.165) is 6.20 Å². The van der Waals surface area contributed by atoms with Crippen LogP contribution in [0.4, 0.5) is 16.3 Å². The maximum absolute atomic E-state index is 12.6. The van der Waals surface area contributed by atoms with E-state index in [1.165, 1.54) is 12.1 Å². The number of nitrogens with zero attached hydrogens (tertiary/aromatic N) is 4. The number of hydrogen-bond acceptors (Lipinski definition) is 6. The van der Waals surface area contributed by atoms with Gasteiger partial charge in [-0.05, 0) is 12.1 Å². The highest BCUT2D eigenvalue weighted by molar-refractivity contribution is 5.51. The zero-order chi connectivity index (χ0) is 10.8. The number of rotatable bonds is 1. The summed E-state index contributed by atoms with van der Waals surface area (Å²) in [5.74, 6) is -0.207. The standard InChI is InChI=1S/C8H7FN6/c9-4-1-2-5(12-3-4)6-13-7(10)15-8(11)14-6/h1-3H,(H4,10,11,13,14,15). The molecule has 4 N–H and O–H groups in total. The molecule has 0 bridgehead atoms. The fourth-order valence-corrected chi connectivity index (χ4v) is 1.03. The lowest BCUT2D eigenvalue weighted by Gasteiger charge is -2.00. The number of anilines is 2. The molecule has 15 heavy (non-hydrogen) atoms. The lowest BCUT2D eigenvalue weighted by Crippen LogP contribution is -2.04. The lowest BCUT2D eigenvalue weighted by atomic mass is 10.3. The largest absolute Gasteiger partial charge is 0.368 e. The van der Waals surface area contributed by atoms with Gasteiger partial charge < -0.3 is 11.5 Å². The van der Waals surface area contributed by atoms with E-state index in [4.69, 9.17) is 11.5 Å². The topological polar surface area (TPSA) is 104 Å². The Balaban J connectivity index is 2.49. The molecule has 0 spiro atoms. The third-order valence-corrected chi connectivity index (χ3v) is 1.63. The number of hydrogen-bond donors (Lipinski definition) is 2. The Morgan fingerprint density at radius 1 is 1.00 bits per heavy atom. The van der Waals surface area contributed by atoms with Gasteiger partial charge in [-0.25, -0.2) is 9.37 Å². The summed E-state index contributed by atoms with van der Waals surface area (Å²) >= 11 is 0. The van der Waals surface area contributed by atoms with Crippen molar-refractivity contribution >= 4 is 11.9 Å². The van der Waals surface area contributed by atoms with Crippen LogP contribution in [0, 0.1) is 5.82 Å². The smallest absolute Gasteiger partial charge is 0.225 e. The van der Waals surface area contributed by atoms with Gasteiger partial charge in [0.05, 0.1) is 6.20 Å². The van der Waals surface area contributed by atoms with Crippen molar-refractivity contribution in [1.82, 2.24) is 19.9 Å². The molecule has 0 radical (unpaired) electrons. The van der Waals surface area contributed by atoms with Crippen molar-refractivity contribution < 1.29 is 4.39 Å². The molecule has 0 aromatic carbocycles. The second-order valence-electron chi connectivity index (χ2n) is 2.74. The molecule has 0 amide bonds. The first-order valence-electron chi connectivity index (χ1n) is 4.04. The maximum atomic E-state index is 12.6. The van der Waals surface area contributed by atoms with Crippen LogP contribution in [-0.2, 0) is 0 Å². The molecule has 2 heterocycles. The molecule has 0 unspecified atom stereocenters. The van der Waals surface area contributed by atoms with Crippen LogP contribution >= 0.6 is 0 Å². The molecular weight excluding hydrogens is 199 g/mol. The first-order valence-corrected chi connectivity index (χ1v) is 4.04. The van der Waals surface area contributed by atoms with Crippen molar-refractivity contribution in [3.63, 3.8) is 0 Å². The minimum Gasteiger partial charge on any atom is -0.368 e. The number of pyridine rings is 1. The fourth-order valence-electron chi connectivity index (χ4n) is 1.03. The highest BCUT2D eigenvalue weighted by Gasteiger charge is 2.05. The molecule has 0 saturated carbocycles. The molecule has 0 saturated heterocycles. The molecule has 2 rings (SSSR count). The van der Waals surface area contributed by atoms with Gasteiger partial charge in [-0.15, -0.1) is 0 Å². The van der Waals surface area contributed by atoms with Crippen molar-refractivity contribution in [1.29, 1.82) is 0 Å². The Hall–Kier alpha value is -2.31. The van der Waals surface area contributed by atoms with E-state index >= 15 is 0 Å². The van der Waals surface area contributed by atoms with E-state index in [-0.39, 0.29) is 17.7 Å². The molecule has 0 aliphatic carbocycles. The van der Waals surface area contributed by atoms with Gasteiger partial charge in [-0.3, -0.25) is 0 Å². The van der Waals surface area contributed by atoms with Crippen molar-refractivity contribution in [3.05, 3.63) is 24.1 Å². The molecule has 7 heteroatoms. The number of halogens is 1. The monoisotopic (exact) mass is 206 g/mol. The molecule has 76 valence electrons. The predicted molar refractivity (Wildman–Crippen MR) is 51.8 cm³/mol. The Bertz CT molecular complexity index is 463. The van der Waals surface area contributed by atoms with Gasteiger partial charge in [0.15, 0.2) is 5.82 Å². The van der Waals surface area contributed by atoms with Crippen molar-refractivity contribution in [2.75, 3.05) is 11.5 Å². The average Bonchev–Trinajstić information content (AvgIpc) is 2.17. The van der Waals surface area contributed by atoms with Crippen LogP contribution in [0.2, 0.25) is 0 Å². The van der Waals surface area contributed by atoms with Gasteiger partial charge in [-0.2, -0.15) is 15.0 Å². The van der Waals surface area contributed by atoms with Crippen molar-refractivity contribution in [2.24, 2.45) is 0 Å². The normalized spacial score (nSPS) is 10.2. The van der Waals surface area contributed by atoms with E-state index in [1.54, 1.807) is 0 Å². The molecule has 2 aromatic heterocycles. The number of nitrogens with two attached hydrogens (primary N) is 2. The zero-order valence-electron chi connectivity index (χ0n) is 7.55. The second-order valence-corrected chi connectivity index (χ2v) is 2.74. The van der Waals surface area contributed by atoms with Crippen LogP contribution in [0.3, 0.4) is 0 Å². The average molecular weight is 206 g/mol. The summed E-state index contributed by atoms with van der Waals surface area (Å²) in [5.41, 5.74) is 11.2. The molecule has 2 aromatic rings. The van der Waals surface area contributed by atoms with Crippen LogP contribution in [-0.4, -0.2) is 19.9 Å². The van der Waals surface area contributed by atoms with Crippen molar-refractivity contribution in [3.8, 4) is 11.5 Å². The summed E-state index contributed by atoms with van der Waals surface area (Å²) in [6, 6.07) is 2.68. The van der Waals surface area contributed by atoms with Crippen molar-refractivity contribution in [2.45, 2.75) is 0 Å². The van der Waals surface area contributed by atoms with Crippen LogP contribution in [0.1, 0.15) is 0 Å². The van der Waals surface area contributed by atoms with Crippen LogP contribution < -0.4 is 11.5 Å². The summed E-state index contributed by atoms with van der Waals surface area (Å²) in [6.07, 6.45) is 1.06. The van der Waals surface area contributed by atoms with Gasteiger partial charge in [0, 0.05) is 0 Å². The summed E-state index contributed by atoms with van der Waals surface area (Å²) < 4.78 is 12.6. The predicted octanol–water partition coefficient (Wildman–Crippen LogP) is 0.237. The van der Waals surface area contributed by atoms with E-state index in [1.807, 2.05) is 0 Å². The summed E-state index contributed by atoms with van der Waals surface area (Å²) in [7, 11) is 0. The number of aromatic nitrogens is 4. The highest BCUT2D eigenvalue weighted by Crippen LogP contribution is 2.13. The van der Waals surface area contributed by atoms with Gasteiger partial charge in [0.2, 0.25) is 11.9 Å². The van der Waals surface area contributed by atoms with Crippen LogP contribution in [0.5, 0.6) is 0 Å². The lowest BCUT2D eigenvalue weighted by molar-refractivity contribution is 0.621. The third kappa shape index (κ3) is 1.96. The fraction of sp³-hybridized carbons (Fsp3) is 0. The zero-order valence-corrected chi connectivity index (χ0v) is 7.55. The molecule has 0 aliphatic rings. The first-order chi connectivity index (χ1) is 7.15. The van der Waals surface area contributed by atoms with Gasteiger partial charge in [-0.1, -0.05) is 0 Å². The minimum atomic E-state index is -0.436. The SMILES string of the molecule is Nc1nc(N)nc(-c2ccc(F)cn2)n1. The molecular formula is C8H7FN6. The van der Waals surface area contributed by atoms with Gasteiger partial charge in [0.25, 0.3) is 0 Å². The number of nitrogen functional groups attached to an aromatic ring is 2. The minimum absolute atomic E-state index is 0.00336. The van der Waals surface area contributed by atoms with Crippen LogP contribution in [0.25, 0.3) is 11.5 Å². The van der Waals surface area contributed by atoms with Gasteiger partial charge in [0.1, 0.15) is 11.5 Å². The van der Waals surface area contributed by atoms with E-state index in [2.05, 4.69) is 19.9 Å². The second kappa shape index (κ2) is 3.45. The van der Waals surface area contributed by atoms with Gasteiger partial charge >= 0.3 is 0 Å². The van der Waals surface area contributed by atoms with E-state index < -0.39 is 5.82 Å². The molecule has 0 fully saturated rings. The maximum Gasteiger partial charge on any atom is 0.225 e.